The minimum absolute atomic E-state index is 0. The van der Waals surface area contributed by atoms with Crippen LogP contribution in [0, 0.1) is 10.1 Å². The Bertz CT molecular complexity index is 808. The number of hydrogen-bond donors (Lipinski definition) is 2. The summed E-state index contributed by atoms with van der Waals surface area (Å²) in [6.07, 6.45) is 2.50. The number of nitro groups is 1. The number of guanidine groups is 1. The van der Waals surface area contributed by atoms with Crippen LogP contribution in [-0.2, 0) is 6.54 Å². The maximum absolute atomic E-state index is 10.8. The van der Waals surface area contributed by atoms with Crippen molar-refractivity contribution in [2.45, 2.75) is 32.4 Å². The lowest BCUT2D eigenvalue weighted by atomic mass is 10.1. The van der Waals surface area contributed by atoms with Crippen molar-refractivity contribution in [1.82, 2.24) is 15.5 Å². The van der Waals surface area contributed by atoms with Crippen LogP contribution in [0.3, 0.4) is 0 Å². The van der Waals surface area contributed by atoms with Crippen LogP contribution in [0.1, 0.15) is 36.9 Å². The van der Waals surface area contributed by atoms with Crippen molar-refractivity contribution in [3.8, 4) is 0 Å². The molecule has 7 nitrogen and oxygen atoms in total. The summed E-state index contributed by atoms with van der Waals surface area (Å²) >= 11 is 0. The first-order valence-electron chi connectivity index (χ1n) is 10.2. The minimum Gasteiger partial charge on any atom is -0.357 e. The molecule has 3 rings (SSSR count). The van der Waals surface area contributed by atoms with Gasteiger partial charge in [0.1, 0.15) is 0 Å². The molecule has 1 unspecified atom stereocenters. The quantitative estimate of drug-likeness (QED) is 0.179. The van der Waals surface area contributed by atoms with Crippen molar-refractivity contribution >= 4 is 35.6 Å². The zero-order chi connectivity index (χ0) is 20.5. The topological polar surface area (TPSA) is 82.8 Å². The third-order valence-electron chi connectivity index (χ3n) is 5.14. The van der Waals surface area contributed by atoms with Gasteiger partial charge in [-0.3, -0.25) is 15.0 Å². The Morgan fingerprint density at radius 1 is 1.10 bits per heavy atom. The molecule has 1 fully saturated rings. The van der Waals surface area contributed by atoms with E-state index in [1.165, 1.54) is 30.5 Å². The van der Waals surface area contributed by atoms with Crippen LogP contribution in [-0.4, -0.2) is 42.0 Å². The molecule has 0 aromatic heterocycles. The van der Waals surface area contributed by atoms with E-state index in [0.717, 1.165) is 37.7 Å². The zero-order valence-corrected chi connectivity index (χ0v) is 19.6. The molecule has 1 saturated heterocycles. The van der Waals surface area contributed by atoms with Gasteiger partial charge in [0.2, 0.25) is 0 Å². The van der Waals surface area contributed by atoms with Gasteiger partial charge in [-0.15, -0.1) is 24.0 Å². The maximum Gasteiger partial charge on any atom is 0.269 e. The molecular formula is C22H30IN5O2. The lowest BCUT2D eigenvalue weighted by Crippen LogP contribution is -2.42. The number of non-ortho nitro benzene ring substituents is 1. The van der Waals surface area contributed by atoms with Crippen molar-refractivity contribution in [2.75, 3.05) is 26.2 Å². The van der Waals surface area contributed by atoms with Crippen LogP contribution in [0.15, 0.2) is 59.6 Å². The van der Waals surface area contributed by atoms with Crippen LogP contribution < -0.4 is 10.6 Å². The Morgan fingerprint density at radius 2 is 1.77 bits per heavy atom. The van der Waals surface area contributed by atoms with E-state index < -0.39 is 0 Å². The molecule has 1 aliphatic heterocycles. The molecule has 2 aromatic rings. The minimum atomic E-state index is -0.388. The number of rotatable bonds is 8. The fourth-order valence-corrected chi connectivity index (χ4v) is 3.61. The maximum atomic E-state index is 10.8. The highest BCUT2D eigenvalue weighted by Crippen LogP contribution is 2.24. The van der Waals surface area contributed by atoms with E-state index in [4.69, 9.17) is 0 Å². The monoisotopic (exact) mass is 523 g/mol. The highest BCUT2D eigenvalue weighted by molar-refractivity contribution is 14.0. The number of nitro benzene ring substituents is 1. The number of benzene rings is 2. The van der Waals surface area contributed by atoms with Crippen molar-refractivity contribution in [2.24, 2.45) is 4.99 Å². The molecule has 0 spiro atoms. The van der Waals surface area contributed by atoms with Crippen molar-refractivity contribution in [1.29, 1.82) is 0 Å². The first kappa shape index (κ1) is 24.1. The normalized spacial score (nSPS) is 15.3. The average molecular weight is 523 g/mol. The second-order valence-corrected chi connectivity index (χ2v) is 7.17. The third-order valence-corrected chi connectivity index (χ3v) is 5.14. The molecule has 0 saturated carbocycles. The van der Waals surface area contributed by atoms with E-state index >= 15 is 0 Å². The number of hydrogen-bond acceptors (Lipinski definition) is 4. The molecule has 1 aliphatic rings. The summed E-state index contributed by atoms with van der Waals surface area (Å²) in [4.78, 5) is 17.6. The lowest BCUT2D eigenvalue weighted by Gasteiger charge is -2.29. The van der Waals surface area contributed by atoms with Crippen molar-refractivity contribution in [3.05, 3.63) is 75.8 Å². The van der Waals surface area contributed by atoms with Gasteiger partial charge in [0.25, 0.3) is 5.69 Å². The molecule has 1 atom stereocenters. The van der Waals surface area contributed by atoms with Crippen molar-refractivity contribution < 1.29 is 4.92 Å². The van der Waals surface area contributed by atoms with Crippen LogP contribution in [0.25, 0.3) is 0 Å². The van der Waals surface area contributed by atoms with Crippen LogP contribution >= 0.6 is 24.0 Å². The third kappa shape index (κ3) is 6.94. The highest BCUT2D eigenvalue weighted by atomic mass is 127. The van der Waals surface area contributed by atoms with Gasteiger partial charge in [-0.25, -0.2) is 4.99 Å². The molecule has 0 radical (unpaired) electrons. The lowest BCUT2D eigenvalue weighted by molar-refractivity contribution is -0.384. The molecule has 0 aliphatic carbocycles. The second kappa shape index (κ2) is 12.5. The summed E-state index contributed by atoms with van der Waals surface area (Å²) in [5, 5.41) is 17.6. The fraction of sp³-hybridized carbons (Fsp3) is 0.409. The summed E-state index contributed by atoms with van der Waals surface area (Å²) in [6.45, 7) is 6.29. The van der Waals surface area contributed by atoms with Gasteiger partial charge in [-0.2, -0.15) is 0 Å². The Balaban J connectivity index is 0.00000320. The first-order valence-corrected chi connectivity index (χ1v) is 10.2. The molecular weight excluding hydrogens is 493 g/mol. The Labute approximate surface area is 195 Å². The Morgan fingerprint density at radius 3 is 2.37 bits per heavy atom. The molecule has 0 amide bonds. The smallest absolute Gasteiger partial charge is 0.269 e. The van der Waals surface area contributed by atoms with E-state index in [0.29, 0.717) is 12.6 Å². The van der Waals surface area contributed by atoms with Crippen LogP contribution in [0.4, 0.5) is 5.69 Å². The Hall–Kier alpha value is -2.20. The fourth-order valence-electron chi connectivity index (χ4n) is 3.61. The highest BCUT2D eigenvalue weighted by Gasteiger charge is 2.23. The summed E-state index contributed by atoms with van der Waals surface area (Å²) in [5.74, 6) is 0.756. The van der Waals surface area contributed by atoms with E-state index in [2.05, 4.69) is 44.8 Å². The summed E-state index contributed by atoms with van der Waals surface area (Å²) < 4.78 is 0. The second-order valence-electron chi connectivity index (χ2n) is 7.17. The number of halogens is 1. The first-order chi connectivity index (χ1) is 14.2. The molecule has 0 bridgehead atoms. The van der Waals surface area contributed by atoms with Gasteiger partial charge >= 0.3 is 0 Å². The number of likely N-dealkylation sites (tertiary alicyclic amines) is 1. The van der Waals surface area contributed by atoms with Gasteiger partial charge in [0, 0.05) is 25.2 Å². The molecule has 8 heteroatoms. The number of nitrogens with one attached hydrogen (secondary N) is 2. The SMILES string of the molecule is CCNC(=NCc1ccc([N+](=O)[O-])cc1)NCC(c1ccccc1)N1CCCC1.I. The Kier molecular flexibility index (Phi) is 10.0. The zero-order valence-electron chi connectivity index (χ0n) is 17.3. The molecule has 30 heavy (non-hydrogen) atoms. The number of nitrogens with zero attached hydrogens (tertiary/aromatic N) is 3. The van der Waals surface area contributed by atoms with Gasteiger partial charge in [0.05, 0.1) is 17.5 Å². The summed E-state index contributed by atoms with van der Waals surface area (Å²) in [6, 6.07) is 17.4. The standard InChI is InChI=1S/C22H29N5O2.HI/c1-2-23-22(24-16-18-10-12-20(13-11-18)27(28)29)25-17-21(26-14-6-7-15-26)19-8-4-3-5-9-19;/h3-5,8-13,21H,2,6-7,14-17H2,1H3,(H2,23,24,25);1H. The molecule has 2 N–H and O–H groups in total. The average Bonchev–Trinajstić information content (AvgIpc) is 3.27. The van der Waals surface area contributed by atoms with E-state index in [1.54, 1.807) is 12.1 Å². The van der Waals surface area contributed by atoms with E-state index in [-0.39, 0.29) is 34.6 Å². The van der Waals surface area contributed by atoms with Crippen LogP contribution in [0.2, 0.25) is 0 Å². The number of aliphatic imine (C=N–C) groups is 1. The van der Waals surface area contributed by atoms with Gasteiger partial charge in [-0.05, 0) is 44.0 Å². The van der Waals surface area contributed by atoms with E-state index in [1.807, 2.05) is 13.0 Å². The predicted molar refractivity (Wildman–Crippen MR) is 131 cm³/mol. The molecule has 2 aromatic carbocycles. The largest absolute Gasteiger partial charge is 0.357 e. The van der Waals surface area contributed by atoms with Gasteiger partial charge < -0.3 is 10.6 Å². The summed E-state index contributed by atoms with van der Waals surface area (Å²) in [7, 11) is 0. The van der Waals surface area contributed by atoms with Gasteiger partial charge in [0.15, 0.2) is 5.96 Å². The molecule has 1 heterocycles. The molecule has 162 valence electrons. The summed E-state index contributed by atoms with van der Waals surface area (Å²) in [5.41, 5.74) is 2.35. The van der Waals surface area contributed by atoms with E-state index in [9.17, 15) is 10.1 Å². The van der Waals surface area contributed by atoms with Crippen LogP contribution in [0.5, 0.6) is 0 Å². The van der Waals surface area contributed by atoms with Gasteiger partial charge in [-0.1, -0.05) is 42.5 Å². The van der Waals surface area contributed by atoms with Crippen molar-refractivity contribution in [3.63, 3.8) is 0 Å². The predicted octanol–water partition coefficient (Wildman–Crippen LogP) is 4.11.